The van der Waals surface area contributed by atoms with E-state index in [-0.39, 0.29) is 0 Å². The maximum atomic E-state index is 3.24. The Balaban J connectivity index is 6.33. The second-order valence-corrected chi connectivity index (χ2v) is 20.8. The van der Waals surface area contributed by atoms with Gasteiger partial charge in [0.1, 0.15) is 0 Å². The molecule has 313 valence electrons. The van der Waals surface area contributed by atoms with Crippen LogP contribution in [0.5, 0.6) is 0 Å². The molecule has 0 aromatic heterocycles. The van der Waals surface area contributed by atoms with E-state index in [2.05, 4.69) is 51.7 Å². The SMILES string of the molecule is CCCCCCCC[N](CCCCCCCC)[Ti]([N](CCCCCCCC)CCCCCCCC)[N](CCCCCCCC)CCCCCCCC. The predicted octanol–water partition coefficient (Wildman–Crippen LogP) is 16.4. The van der Waals surface area contributed by atoms with E-state index in [1.165, 1.54) is 270 Å². The zero-order chi connectivity index (χ0) is 38.0. The summed E-state index contributed by atoms with van der Waals surface area (Å²) in [5.74, 6) is 0. The summed E-state index contributed by atoms with van der Waals surface area (Å²) in [6, 6.07) is 0. The summed E-state index contributed by atoms with van der Waals surface area (Å²) >= 11 is -1.86. The fourth-order valence-corrected chi connectivity index (χ4v) is 13.3. The van der Waals surface area contributed by atoms with Gasteiger partial charge in [0, 0.05) is 0 Å². The Morgan fingerprint density at radius 3 is 0.481 bits per heavy atom. The molecule has 4 heteroatoms. The van der Waals surface area contributed by atoms with Gasteiger partial charge >= 0.3 is 341 Å². The standard InChI is InChI=1S/3C16H34N.Ti/c3*1-3-5-7-9-11-13-15-17-16-14-12-10-8-6-4-2;/h3*3-16H2,1-2H3;/q3*-1;+3. The molecule has 0 bridgehead atoms. The molecule has 0 aliphatic heterocycles. The van der Waals surface area contributed by atoms with Gasteiger partial charge in [0.2, 0.25) is 0 Å². The molecule has 0 rings (SSSR count). The molecule has 0 N–H and O–H groups in total. The van der Waals surface area contributed by atoms with E-state index in [0.29, 0.717) is 0 Å². The van der Waals surface area contributed by atoms with Gasteiger partial charge < -0.3 is 0 Å². The molecule has 0 aromatic rings. The second kappa shape index (κ2) is 44.3. The summed E-state index contributed by atoms with van der Waals surface area (Å²) in [6.45, 7) is 22.5. The normalized spacial score (nSPS) is 11.9. The third-order valence-electron chi connectivity index (χ3n) is 11.5. The number of hydrogen-bond donors (Lipinski definition) is 0. The first-order valence-electron chi connectivity index (χ1n) is 24.8. The van der Waals surface area contributed by atoms with E-state index >= 15 is 0 Å². The number of hydrogen-bond acceptors (Lipinski definition) is 3. The monoisotopic (exact) mass is 769 g/mol. The summed E-state index contributed by atoms with van der Waals surface area (Å²) in [5.41, 5.74) is 0. The molecule has 3 nitrogen and oxygen atoms in total. The van der Waals surface area contributed by atoms with Crippen molar-refractivity contribution in [2.75, 3.05) is 39.3 Å². The van der Waals surface area contributed by atoms with Crippen molar-refractivity contribution < 1.29 is 18.6 Å². The average molecular weight is 769 g/mol. The molecule has 0 unspecified atom stereocenters. The summed E-state index contributed by atoms with van der Waals surface area (Å²) < 4.78 is 9.71. The van der Waals surface area contributed by atoms with Gasteiger partial charge in [-0.2, -0.15) is 0 Å². The molecular weight excluding hydrogens is 666 g/mol. The molecule has 0 aliphatic carbocycles. The van der Waals surface area contributed by atoms with Crippen molar-refractivity contribution in [3.63, 3.8) is 0 Å². The molecule has 0 aliphatic rings. The van der Waals surface area contributed by atoms with E-state index in [9.17, 15) is 0 Å². The van der Waals surface area contributed by atoms with E-state index in [0.717, 1.165) is 0 Å². The minimum absolute atomic E-state index is 1.36. The van der Waals surface area contributed by atoms with E-state index < -0.39 is 18.6 Å². The molecule has 0 fully saturated rings. The van der Waals surface area contributed by atoms with Crippen LogP contribution in [0, 0.1) is 0 Å². The first kappa shape index (κ1) is 52.6. The van der Waals surface area contributed by atoms with Gasteiger partial charge in [-0.3, -0.25) is 0 Å². The molecule has 52 heavy (non-hydrogen) atoms. The zero-order valence-electron chi connectivity index (χ0n) is 37.5. The Bertz CT molecular complexity index is 512. The molecule has 0 heterocycles. The second-order valence-electron chi connectivity index (χ2n) is 16.9. The van der Waals surface area contributed by atoms with Gasteiger partial charge in [0.25, 0.3) is 0 Å². The molecular formula is C48H102N3Ti. The zero-order valence-corrected chi connectivity index (χ0v) is 39.1. The van der Waals surface area contributed by atoms with Gasteiger partial charge in [-0.15, -0.1) is 0 Å². The maximum absolute atomic E-state index is 3.24. The van der Waals surface area contributed by atoms with Crippen molar-refractivity contribution in [2.45, 2.75) is 273 Å². The predicted molar refractivity (Wildman–Crippen MR) is 235 cm³/mol. The quantitative estimate of drug-likeness (QED) is 0.0451. The molecule has 0 amide bonds. The molecule has 0 aromatic carbocycles. The number of rotatable bonds is 45. The van der Waals surface area contributed by atoms with Crippen molar-refractivity contribution in [3.8, 4) is 0 Å². The third-order valence-corrected chi connectivity index (χ3v) is 16.3. The van der Waals surface area contributed by atoms with Crippen LogP contribution in [0.4, 0.5) is 0 Å². The Kier molecular flexibility index (Phi) is 44.8. The van der Waals surface area contributed by atoms with Gasteiger partial charge in [-0.1, -0.05) is 0 Å². The fraction of sp³-hybridized carbons (Fsp3) is 1.00. The van der Waals surface area contributed by atoms with Crippen molar-refractivity contribution in [1.82, 2.24) is 10.1 Å². The van der Waals surface area contributed by atoms with Gasteiger partial charge in [-0.05, 0) is 0 Å². The molecule has 0 spiro atoms. The summed E-state index contributed by atoms with van der Waals surface area (Å²) in [4.78, 5) is 0. The van der Waals surface area contributed by atoms with Crippen LogP contribution in [0.2, 0.25) is 0 Å². The van der Waals surface area contributed by atoms with Crippen LogP contribution in [0.3, 0.4) is 0 Å². The first-order valence-corrected chi connectivity index (χ1v) is 26.9. The van der Waals surface area contributed by atoms with Crippen molar-refractivity contribution >= 4 is 0 Å². The van der Waals surface area contributed by atoms with Gasteiger partial charge in [0.05, 0.1) is 0 Å². The van der Waals surface area contributed by atoms with Crippen LogP contribution in [0.1, 0.15) is 273 Å². The molecule has 0 radical (unpaired) electrons. The van der Waals surface area contributed by atoms with Gasteiger partial charge in [0.15, 0.2) is 0 Å². The van der Waals surface area contributed by atoms with Crippen LogP contribution in [0.25, 0.3) is 0 Å². The summed E-state index contributed by atoms with van der Waals surface area (Å²) in [5, 5.41) is 0. The first-order chi connectivity index (χ1) is 25.7. The fourth-order valence-electron chi connectivity index (χ4n) is 8.03. The average Bonchev–Trinajstić information content (AvgIpc) is 3.15. The topological polar surface area (TPSA) is 9.72 Å². The Morgan fingerprint density at radius 1 is 0.192 bits per heavy atom. The Labute approximate surface area is 339 Å². The van der Waals surface area contributed by atoms with E-state index in [1.807, 2.05) is 0 Å². The van der Waals surface area contributed by atoms with Crippen molar-refractivity contribution in [3.05, 3.63) is 0 Å². The van der Waals surface area contributed by atoms with Crippen LogP contribution in [-0.2, 0) is 18.6 Å². The van der Waals surface area contributed by atoms with Crippen molar-refractivity contribution in [1.29, 1.82) is 0 Å². The van der Waals surface area contributed by atoms with Crippen molar-refractivity contribution in [2.24, 2.45) is 0 Å². The minimum atomic E-state index is -1.86. The van der Waals surface area contributed by atoms with Crippen LogP contribution in [0.15, 0.2) is 0 Å². The Hall–Kier alpha value is 0.594. The van der Waals surface area contributed by atoms with Gasteiger partial charge in [-0.25, -0.2) is 0 Å². The molecule has 0 saturated heterocycles. The van der Waals surface area contributed by atoms with Crippen LogP contribution in [-0.4, -0.2) is 49.4 Å². The van der Waals surface area contributed by atoms with E-state index in [4.69, 9.17) is 0 Å². The van der Waals surface area contributed by atoms with Crippen LogP contribution >= 0.6 is 0 Å². The summed E-state index contributed by atoms with van der Waals surface area (Å²) in [6.07, 6.45) is 51.4. The Morgan fingerprint density at radius 2 is 0.327 bits per heavy atom. The number of nitrogens with zero attached hydrogens (tertiary/aromatic N) is 3. The number of unbranched alkanes of at least 4 members (excludes halogenated alkanes) is 30. The molecule has 0 atom stereocenters. The van der Waals surface area contributed by atoms with E-state index in [1.54, 1.807) is 0 Å². The summed E-state index contributed by atoms with van der Waals surface area (Å²) in [7, 11) is 0. The third kappa shape index (κ3) is 33.9. The van der Waals surface area contributed by atoms with Crippen LogP contribution < -0.4 is 0 Å². The molecule has 0 saturated carbocycles.